The summed E-state index contributed by atoms with van der Waals surface area (Å²) >= 11 is 0. The number of hydrogen-bond donors (Lipinski definition) is 1. The van der Waals surface area contributed by atoms with Crippen molar-refractivity contribution in [3.63, 3.8) is 0 Å². The zero-order valence-electron chi connectivity index (χ0n) is 11.3. The molecule has 7 heteroatoms. The van der Waals surface area contributed by atoms with Crippen molar-refractivity contribution in [2.24, 2.45) is 0 Å². The number of piperazine rings is 1. The molecule has 7 nitrogen and oxygen atoms in total. The summed E-state index contributed by atoms with van der Waals surface area (Å²) in [6.07, 6.45) is -0.578. The van der Waals surface area contributed by atoms with Crippen LogP contribution in [-0.2, 0) is 14.3 Å². The van der Waals surface area contributed by atoms with E-state index < -0.39 is 6.09 Å². The molecule has 0 aromatic rings. The summed E-state index contributed by atoms with van der Waals surface area (Å²) in [6.45, 7) is 6.39. The van der Waals surface area contributed by atoms with Crippen LogP contribution in [0.1, 0.15) is 13.3 Å². The summed E-state index contributed by atoms with van der Waals surface area (Å²) < 4.78 is 10.1. The van der Waals surface area contributed by atoms with Gasteiger partial charge >= 0.3 is 12.1 Å². The third-order valence-electron chi connectivity index (χ3n) is 2.95. The first kappa shape index (κ1) is 15.7. The van der Waals surface area contributed by atoms with E-state index in [1.165, 1.54) is 4.90 Å². The Labute approximate surface area is 113 Å². The molecule has 1 N–H and O–H groups in total. The van der Waals surface area contributed by atoms with Crippen molar-refractivity contribution in [1.29, 1.82) is 0 Å². The predicted molar refractivity (Wildman–Crippen MR) is 68.1 cm³/mol. The van der Waals surface area contributed by atoms with Crippen molar-refractivity contribution < 1.29 is 24.2 Å². The molecule has 0 aromatic heterocycles. The Kier molecular flexibility index (Phi) is 7.20. The van der Waals surface area contributed by atoms with E-state index >= 15 is 0 Å². The van der Waals surface area contributed by atoms with Gasteiger partial charge in [0.1, 0.15) is 0 Å². The normalized spacial score (nSPS) is 16.4. The number of carbonyl (C=O) groups excluding carboxylic acids is 1. The minimum atomic E-state index is -0.856. The number of rotatable bonds is 7. The Morgan fingerprint density at radius 2 is 1.84 bits per heavy atom. The molecular weight excluding hydrogens is 252 g/mol. The molecule has 0 atom stereocenters. The van der Waals surface area contributed by atoms with E-state index in [1.54, 1.807) is 6.92 Å². The minimum Gasteiger partial charge on any atom is -0.466 e. The lowest BCUT2D eigenvalue weighted by molar-refractivity contribution is -0.144. The smallest absolute Gasteiger partial charge is 0.407 e. The topological polar surface area (TPSA) is 79.3 Å². The van der Waals surface area contributed by atoms with Gasteiger partial charge in [0.25, 0.3) is 0 Å². The van der Waals surface area contributed by atoms with Crippen molar-refractivity contribution in [2.75, 3.05) is 52.5 Å². The predicted octanol–water partition coefficient (Wildman–Crippen LogP) is 0.252. The monoisotopic (exact) mass is 274 g/mol. The molecule has 0 aromatic carbocycles. The van der Waals surface area contributed by atoms with Crippen LogP contribution in [0, 0.1) is 0 Å². The van der Waals surface area contributed by atoms with Gasteiger partial charge in [-0.3, -0.25) is 9.69 Å². The van der Waals surface area contributed by atoms with E-state index in [2.05, 4.69) is 4.90 Å². The number of carboxylic acid groups (broad SMARTS) is 1. The third kappa shape index (κ3) is 6.40. The molecule has 1 saturated heterocycles. The van der Waals surface area contributed by atoms with Crippen molar-refractivity contribution in [3.8, 4) is 0 Å². The van der Waals surface area contributed by atoms with Crippen LogP contribution in [0.25, 0.3) is 0 Å². The molecule has 0 bridgehead atoms. The van der Waals surface area contributed by atoms with Gasteiger partial charge in [0, 0.05) is 32.7 Å². The molecule has 0 unspecified atom stereocenters. The maximum absolute atomic E-state index is 11.0. The highest BCUT2D eigenvalue weighted by Gasteiger charge is 2.19. The molecule has 1 fully saturated rings. The molecule has 110 valence electrons. The number of esters is 1. The molecule has 1 aliphatic rings. The summed E-state index contributed by atoms with van der Waals surface area (Å²) in [4.78, 5) is 25.3. The standard InChI is InChI=1S/C12H22N2O5/c1-2-19-11(15)3-9-18-10-8-13-4-6-14(7-5-13)12(16)17/h2-10H2,1H3,(H,16,17). The SMILES string of the molecule is CCOC(=O)CCOCCN1CCN(C(=O)O)CC1. The summed E-state index contributed by atoms with van der Waals surface area (Å²) in [5.74, 6) is -0.238. The van der Waals surface area contributed by atoms with Gasteiger partial charge in [-0.2, -0.15) is 0 Å². The molecular formula is C12H22N2O5. The van der Waals surface area contributed by atoms with Crippen molar-refractivity contribution >= 4 is 12.1 Å². The largest absolute Gasteiger partial charge is 0.466 e. The van der Waals surface area contributed by atoms with E-state index in [0.717, 1.165) is 19.6 Å². The Bertz CT molecular complexity index is 290. The van der Waals surface area contributed by atoms with Crippen LogP contribution in [0.15, 0.2) is 0 Å². The maximum Gasteiger partial charge on any atom is 0.407 e. The van der Waals surface area contributed by atoms with Crippen molar-refractivity contribution in [2.45, 2.75) is 13.3 Å². The second kappa shape index (κ2) is 8.71. The fourth-order valence-electron chi connectivity index (χ4n) is 1.85. The van der Waals surface area contributed by atoms with Crippen LogP contribution < -0.4 is 0 Å². The summed E-state index contributed by atoms with van der Waals surface area (Å²) in [6, 6.07) is 0. The zero-order chi connectivity index (χ0) is 14.1. The Morgan fingerprint density at radius 1 is 1.16 bits per heavy atom. The van der Waals surface area contributed by atoms with Crippen molar-refractivity contribution in [1.82, 2.24) is 9.80 Å². The van der Waals surface area contributed by atoms with Gasteiger partial charge in [-0.15, -0.1) is 0 Å². The third-order valence-corrected chi connectivity index (χ3v) is 2.95. The van der Waals surface area contributed by atoms with Crippen LogP contribution in [0.4, 0.5) is 4.79 Å². The molecule has 0 radical (unpaired) electrons. The summed E-state index contributed by atoms with van der Waals surface area (Å²) in [5.41, 5.74) is 0. The van der Waals surface area contributed by atoms with Gasteiger partial charge in [-0.1, -0.05) is 0 Å². The van der Waals surface area contributed by atoms with Gasteiger partial charge in [-0.25, -0.2) is 4.79 Å². The lowest BCUT2D eigenvalue weighted by Gasteiger charge is -2.32. The van der Waals surface area contributed by atoms with E-state index in [1.807, 2.05) is 0 Å². The van der Waals surface area contributed by atoms with Crippen molar-refractivity contribution in [3.05, 3.63) is 0 Å². The highest BCUT2D eigenvalue weighted by atomic mass is 16.5. The number of hydrogen-bond acceptors (Lipinski definition) is 5. The average molecular weight is 274 g/mol. The van der Waals surface area contributed by atoms with E-state index in [0.29, 0.717) is 32.9 Å². The lowest BCUT2D eigenvalue weighted by Crippen LogP contribution is -2.49. The van der Waals surface area contributed by atoms with Crippen LogP contribution >= 0.6 is 0 Å². The summed E-state index contributed by atoms with van der Waals surface area (Å²) in [7, 11) is 0. The second-order valence-corrected chi connectivity index (χ2v) is 4.28. The first-order valence-corrected chi connectivity index (χ1v) is 6.57. The summed E-state index contributed by atoms with van der Waals surface area (Å²) in [5, 5.41) is 8.81. The first-order valence-electron chi connectivity index (χ1n) is 6.57. The van der Waals surface area contributed by atoms with E-state index in [4.69, 9.17) is 14.6 Å². The van der Waals surface area contributed by atoms with Gasteiger partial charge in [-0.05, 0) is 6.92 Å². The molecule has 1 heterocycles. The molecule has 1 aliphatic heterocycles. The quantitative estimate of drug-likeness (QED) is 0.529. The van der Waals surface area contributed by atoms with Gasteiger partial charge in [0.2, 0.25) is 0 Å². The first-order chi connectivity index (χ1) is 9.13. The van der Waals surface area contributed by atoms with Gasteiger partial charge in [0.05, 0.1) is 26.2 Å². The minimum absolute atomic E-state index is 0.238. The Morgan fingerprint density at radius 3 is 2.42 bits per heavy atom. The highest BCUT2D eigenvalue weighted by Crippen LogP contribution is 2.01. The second-order valence-electron chi connectivity index (χ2n) is 4.28. The number of ether oxygens (including phenoxy) is 2. The fraction of sp³-hybridized carbons (Fsp3) is 0.833. The number of amides is 1. The average Bonchev–Trinajstić information content (AvgIpc) is 2.39. The molecule has 19 heavy (non-hydrogen) atoms. The van der Waals surface area contributed by atoms with Gasteiger partial charge < -0.3 is 19.5 Å². The fourth-order valence-corrected chi connectivity index (χ4v) is 1.85. The molecule has 1 rings (SSSR count). The molecule has 0 saturated carbocycles. The number of nitrogens with zero attached hydrogens (tertiary/aromatic N) is 2. The van der Waals surface area contributed by atoms with Crippen LogP contribution in [-0.4, -0.2) is 79.5 Å². The van der Waals surface area contributed by atoms with Crippen LogP contribution in [0.5, 0.6) is 0 Å². The van der Waals surface area contributed by atoms with Crippen LogP contribution in [0.2, 0.25) is 0 Å². The molecule has 0 aliphatic carbocycles. The van der Waals surface area contributed by atoms with Crippen LogP contribution in [0.3, 0.4) is 0 Å². The Hall–Kier alpha value is -1.34. The zero-order valence-corrected chi connectivity index (χ0v) is 11.3. The molecule has 1 amide bonds. The van der Waals surface area contributed by atoms with E-state index in [9.17, 15) is 9.59 Å². The molecule has 0 spiro atoms. The lowest BCUT2D eigenvalue weighted by atomic mass is 10.3. The van der Waals surface area contributed by atoms with Gasteiger partial charge in [0.15, 0.2) is 0 Å². The van der Waals surface area contributed by atoms with E-state index in [-0.39, 0.29) is 12.4 Å². The Balaban J connectivity index is 1.99. The number of carbonyl (C=O) groups is 2. The highest BCUT2D eigenvalue weighted by molar-refractivity contribution is 5.69. The maximum atomic E-state index is 11.0.